The van der Waals surface area contributed by atoms with Gasteiger partial charge in [0, 0.05) is 31.6 Å². The van der Waals surface area contributed by atoms with Crippen LogP contribution in [0.1, 0.15) is 13.8 Å². The highest BCUT2D eigenvalue weighted by molar-refractivity contribution is 5.95. The number of methoxy groups -OCH3 is 2. The quantitative estimate of drug-likeness (QED) is 0.756. The van der Waals surface area contributed by atoms with Crippen LogP contribution in [0.4, 0.5) is 16.6 Å². The van der Waals surface area contributed by atoms with Crippen molar-refractivity contribution in [1.29, 1.82) is 0 Å². The zero-order chi connectivity index (χ0) is 21.2. The topological polar surface area (TPSA) is 123 Å². The van der Waals surface area contributed by atoms with Gasteiger partial charge in [-0.2, -0.15) is 4.98 Å². The highest BCUT2D eigenvalue weighted by atomic mass is 16.6. The number of benzene rings is 1. The van der Waals surface area contributed by atoms with Crippen molar-refractivity contribution in [2.75, 3.05) is 57.6 Å². The molecule has 158 valence electrons. The summed E-state index contributed by atoms with van der Waals surface area (Å²) in [6.07, 6.45) is -0.447. The number of amides is 1. The van der Waals surface area contributed by atoms with Crippen molar-refractivity contribution in [3.8, 4) is 11.5 Å². The number of aromatic nitrogens is 2. The minimum absolute atomic E-state index is 0.0575. The van der Waals surface area contributed by atoms with Crippen LogP contribution in [0.25, 0.3) is 10.9 Å². The molecule has 0 aliphatic carbocycles. The lowest BCUT2D eigenvalue weighted by atomic mass is 10.2. The van der Waals surface area contributed by atoms with Crippen LogP contribution in [0.2, 0.25) is 0 Å². The predicted molar refractivity (Wildman–Crippen MR) is 108 cm³/mol. The predicted octanol–water partition coefficient (Wildman–Crippen LogP) is 1.26. The molecule has 0 spiro atoms. The first-order chi connectivity index (χ1) is 13.7. The third-order valence-corrected chi connectivity index (χ3v) is 4.60. The summed E-state index contributed by atoms with van der Waals surface area (Å²) in [4.78, 5) is 24.8. The van der Waals surface area contributed by atoms with Crippen molar-refractivity contribution in [2.45, 2.75) is 19.4 Å². The summed E-state index contributed by atoms with van der Waals surface area (Å²) in [5.41, 5.74) is 5.66. The summed E-state index contributed by atoms with van der Waals surface area (Å²) in [6, 6.07) is 3.56. The van der Waals surface area contributed by atoms with Gasteiger partial charge in [-0.25, -0.2) is 9.78 Å². The third kappa shape index (κ3) is 4.53. The number of fused-ring (bicyclic) bond motifs is 1. The minimum Gasteiger partial charge on any atom is -0.493 e. The van der Waals surface area contributed by atoms with E-state index >= 15 is 0 Å². The maximum Gasteiger partial charge on any atom is 0.409 e. The zero-order valence-corrected chi connectivity index (χ0v) is 17.1. The molecule has 1 aromatic carbocycles. The van der Waals surface area contributed by atoms with Crippen LogP contribution in [0.5, 0.6) is 11.5 Å². The number of nitrogen functional groups attached to an aromatic ring is 1. The number of ether oxygens (including phenoxy) is 3. The molecule has 1 aliphatic heterocycles. The van der Waals surface area contributed by atoms with Crippen molar-refractivity contribution in [3.63, 3.8) is 0 Å². The van der Waals surface area contributed by atoms with Crippen LogP contribution >= 0.6 is 0 Å². The molecule has 1 aliphatic rings. The van der Waals surface area contributed by atoms with Crippen LogP contribution in [-0.4, -0.2) is 78.7 Å². The molecular formula is C19H27N5O5. The number of carbonyl (C=O) groups excluding carboxylic acids is 1. The number of aliphatic hydroxyl groups is 1. The first-order valence-electron chi connectivity index (χ1n) is 9.30. The molecule has 1 fully saturated rings. The van der Waals surface area contributed by atoms with Crippen molar-refractivity contribution in [1.82, 2.24) is 14.9 Å². The third-order valence-electron chi connectivity index (χ3n) is 4.60. The average Bonchev–Trinajstić information content (AvgIpc) is 2.70. The average molecular weight is 405 g/mol. The molecule has 0 atom stereocenters. The van der Waals surface area contributed by atoms with Crippen molar-refractivity contribution >= 4 is 28.8 Å². The van der Waals surface area contributed by atoms with E-state index in [0.29, 0.717) is 60.3 Å². The van der Waals surface area contributed by atoms with Crippen LogP contribution in [0.3, 0.4) is 0 Å². The van der Waals surface area contributed by atoms with Gasteiger partial charge in [0.15, 0.2) is 11.5 Å². The Morgan fingerprint density at radius 1 is 1.17 bits per heavy atom. The van der Waals surface area contributed by atoms with Gasteiger partial charge in [-0.05, 0) is 26.0 Å². The molecule has 0 unspecified atom stereocenters. The smallest absolute Gasteiger partial charge is 0.409 e. The van der Waals surface area contributed by atoms with E-state index in [1.807, 2.05) is 4.90 Å². The Balaban J connectivity index is 1.76. The Morgan fingerprint density at radius 2 is 1.86 bits per heavy atom. The lowest BCUT2D eigenvalue weighted by molar-refractivity contribution is -0.00415. The van der Waals surface area contributed by atoms with Gasteiger partial charge in [-0.3, -0.25) is 0 Å². The van der Waals surface area contributed by atoms with Crippen LogP contribution < -0.4 is 20.1 Å². The summed E-state index contributed by atoms with van der Waals surface area (Å²) >= 11 is 0. The fourth-order valence-electron chi connectivity index (χ4n) is 3.08. The Morgan fingerprint density at radius 3 is 2.45 bits per heavy atom. The summed E-state index contributed by atoms with van der Waals surface area (Å²) < 4.78 is 16.0. The number of rotatable bonds is 5. The van der Waals surface area contributed by atoms with E-state index in [0.717, 1.165) is 0 Å². The van der Waals surface area contributed by atoms with Gasteiger partial charge in [-0.15, -0.1) is 0 Å². The van der Waals surface area contributed by atoms with E-state index in [1.54, 1.807) is 45.1 Å². The molecule has 0 saturated carbocycles. The van der Waals surface area contributed by atoms with Gasteiger partial charge in [0.05, 0.1) is 19.8 Å². The Bertz CT molecular complexity index is 891. The highest BCUT2D eigenvalue weighted by Gasteiger charge is 2.26. The second-order valence-corrected chi connectivity index (χ2v) is 7.45. The number of anilines is 2. The summed E-state index contributed by atoms with van der Waals surface area (Å²) in [5, 5.41) is 10.4. The monoisotopic (exact) mass is 405 g/mol. The number of hydrogen-bond acceptors (Lipinski definition) is 9. The molecule has 2 heterocycles. The largest absolute Gasteiger partial charge is 0.493 e. The number of nitrogens with zero attached hydrogens (tertiary/aromatic N) is 4. The molecule has 0 radical (unpaired) electrons. The summed E-state index contributed by atoms with van der Waals surface area (Å²) in [7, 11) is 3.11. The van der Waals surface area contributed by atoms with Gasteiger partial charge >= 0.3 is 6.09 Å². The standard InChI is InChI=1S/C19H27N5O5/c1-19(2,26)11-29-18(25)24-9-7-23(8-10-24)17-21-14-12(16(20)22-17)5-6-13(27-3)15(14)28-4/h5-6,26H,7-11H2,1-4H3,(H2,20,21,22). The first-order valence-corrected chi connectivity index (χ1v) is 9.30. The van der Waals surface area contributed by atoms with Gasteiger partial charge in [0.1, 0.15) is 17.9 Å². The molecule has 3 rings (SSSR count). The SMILES string of the molecule is COc1ccc2c(N)nc(N3CCN(C(=O)OCC(C)(C)O)CC3)nc2c1OC. The highest BCUT2D eigenvalue weighted by Crippen LogP contribution is 2.36. The molecule has 10 heteroatoms. The fourth-order valence-corrected chi connectivity index (χ4v) is 3.08. The number of carbonyl (C=O) groups is 1. The van der Waals surface area contributed by atoms with Crippen molar-refractivity contribution < 1.29 is 24.1 Å². The lowest BCUT2D eigenvalue weighted by Gasteiger charge is -2.34. The second-order valence-electron chi connectivity index (χ2n) is 7.45. The number of nitrogens with two attached hydrogens (primary N) is 1. The number of piperazine rings is 1. The lowest BCUT2D eigenvalue weighted by Crippen LogP contribution is -2.50. The van der Waals surface area contributed by atoms with Gasteiger partial charge in [0.2, 0.25) is 5.95 Å². The molecular weight excluding hydrogens is 378 g/mol. The van der Waals surface area contributed by atoms with Crippen LogP contribution in [0.15, 0.2) is 12.1 Å². The maximum atomic E-state index is 12.2. The minimum atomic E-state index is -1.06. The van der Waals surface area contributed by atoms with E-state index in [1.165, 1.54) is 0 Å². The molecule has 1 aromatic heterocycles. The Labute approximate surface area is 169 Å². The van der Waals surface area contributed by atoms with Gasteiger partial charge < -0.3 is 34.9 Å². The van der Waals surface area contributed by atoms with Crippen molar-refractivity contribution in [3.05, 3.63) is 12.1 Å². The molecule has 3 N–H and O–H groups in total. The fraction of sp³-hybridized carbons (Fsp3) is 0.526. The van der Waals surface area contributed by atoms with E-state index in [-0.39, 0.29) is 6.61 Å². The van der Waals surface area contributed by atoms with E-state index in [2.05, 4.69) is 9.97 Å². The number of hydrogen-bond donors (Lipinski definition) is 2. The first kappa shape index (κ1) is 20.7. The second kappa shape index (κ2) is 8.16. The maximum absolute atomic E-state index is 12.2. The molecule has 10 nitrogen and oxygen atoms in total. The van der Waals surface area contributed by atoms with Crippen LogP contribution in [0, 0.1) is 0 Å². The molecule has 1 saturated heterocycles. The van der Waals surface area contributed by atoms with E-state index in [4.69, 9.17) is 19.9 Å². The zero-order valence-electron chi connectivity index (χ0n) is 17.1. The van der Waals surface area contributed by atoms with Crippen LogP contribution in [-0.2, 0) is 4.74 Å². The van der Waals surface area contributed by atoms with Gasteiger partial charge in [0.25, 0.3) is 0 Å². The summed E-state index contributed by atoms with van der Waals surface area (Å²) in [6.45, 7) is 5.05. The van der Waals surface area contributed by atoms with E-state index in [9.17, 15) is 9.90 Å². The van der Waals surface area contributed by atoms with Gasteiger partial charge in [-0.1, -0.05) is 0 Å². The summed E-state index contributed by atoms with van der Waals surface area (Å²) in [5.74, 6) is 1.86. The Hall–Kier alpha value is -3.01. The van der Waals surface area contributed by atoms with Crippen molar-refractivity contribution in [2.24, 2.45) is 0 Å². The van der Waals surface area contributed by atoms with E-state index < -0.39 is 11.7 Å². The molecule has 2 aromatic rings. The normalized spacial score (nSPS) is 14.8. The molecule has 0 bridgehead atoms. The molecule has 29 heavy (non-hydrogen) atoms. The molecule has 1 amide bonds. The Kier molecular flexibility index (Phi) is 5.83.